The van der Waals surface area contributed by atoms with Gasteiger partial charge in [-0.25, -0.2) is 0 Å². The average molecular weight is 316 g/mol. The van der Waals surface area contributed by atoms with E-state index in [0.29, 0.717) is 18.1 Å². The molecule has 0 aliphatic carbocycles. The number of nitrogens with zero attached hydrogens (tertiary/aromatic N) is 3. The second kappa shape index (κ2) is 7.42. The molecule has 0 spiro atoms. The lowest BCUT2D eigenvalue weighted by Crippen LogP contribution is -2.41. The molecule has 0 aromatic carbocycles. The number of hydrogen-bond acceptors (Lipinski definition) is 3. The van der Waals surface area contributed by atoms with Gasteiger partial charge in [-0.3, -0.25) is 9.36 Å². The molecule has 0 N–H and O–H groups in total. The monoisotopic (exact) mass is 316 g/mol. The fourth-order valence-corrected chi connectivity index (χ4v) is 2.62. The zero-order valence-corrected chi connectivity index (χ0v) is 14.7. The number of rotatable bonds is 6. The second-order valence-corrected chi connectivity index (χ2v) is 6.11. The minimum Gasteiger partial charge on any atom is -0.482 e. The van der Waals surface area contributed by atoms with E-state index < -0.39 is 0 Å². The van der Waals surface area contributed by atoms with Crippen LogP contribution in [-0.2, 0) is 6.54 Å². The number of ether oxygens (including phenoxy) is 1. The second-order valence-electron chi connectivity index (χ2n) is 6.11. The largest absolute Gasteiger partial charge is 0.482 e. The first kappa shape index (κ1) is 17.2. The summed E-state index contributed by atoms with van der Waals surface area (Å²) < 4.78 is 9.02. The van der Waals surface area contributed by atoms with Gasteiger partial charge in [0.2, 0.25) is 0 Å². The number of hydrogen-bond donors (Lipinski definition) is 0. The SMILES string of the molecule is COc1cc(C)c(-[n+]2ccc(C)cc2)c(=O)n1CCCN(C)C. The van der Waals surface area contributed by atoms with Crippen molar-refractivity contribution in [1.29, 1.82) is 0 Å². The normalized spacial score (nSPS) is 11.0. The zero-order chi connectivity index (χ0) is 17.0. The van der Waals surface area contributed by atoms with Crippen LogP contribution in [0.1, 0.15) is 17.5 Å². The molecule has 23 heavy (non-hydrogen) atoms. The Bertz CT molecular complexity index is 718. The third-order valence-corrected chi connectivity index (χ3v) is 3.88. The van der Waals surface area contributed by atoms with E-state index in [-0.39, 0.29) is 5.56 Å². The predicted molar refractivity (Wildman–Crippen MR) is 91.4 cm³/mol. The zero-order valence-electron chi connectivity index (χ0n) is 14.7. The summed E-state index contributed by atoms with van der Waals surface area (Å²) in [5.74, 6) is 0.614. The highest BCUT2D eigenvalue weighted by molar-refractivity contribution is 5.35. The van der Waals surface area contributed by atoms with Crippen molar-refractivity contribution >= 4 is 0 Å². The molecule has 0 amide bonds. The molecule has 0 atom stereocenters. The summed E-state index contributed by atoms with van der Waals surface area (Å²) in [5, 5.41) is 0. The molecule has 2 rings (SSSR count). The number of aryl methyl sites for hydroxylation is 2. The van der Waals surface area contributed by atoms with Crippen molar-refractivity contribution in [3.05, 3.63) is 52.1 Å². The molecule has 0 saturated carbocycles. The lowest BCUT2D eigenvalue weighted by atomic mass is 10.2. The van der Waals surface area contributed by atoms with Gasteiger partial charge in [0.25, 0.3) is 5.69 Å². The Balaban J connectivity index is 2.47. The van der Waals surface area contributed by atoms with E-state index in [9.17, 15) is 4.79 Å². The van der Waals surface area contributed by atoms with Gasteiger partial charge in [-0.15, -0.1) is 0 Å². The molecule has 0 saturated heterocycles. The van der Waals surface area contributed by atoms with Gasteiger partial charge in [0.1, 0.15) is 0 Å². The molecule has 2 heterocycles. The molecule has 0 bridgehead atoms. The molecule has 5 nitrogen and oxygen atoms in total. The van der Waals surface area contributed by atoms with Crippen molar-refractivity contribution in [3.63, 3.8) is 0 Å². The van der Waals surface area contributed by atoms with Crippen LogP contribution in [-0.4, -0.2) is 37.2 Å². The third-order valence-electron chi connectivity index (χ3n) is 3.88. The first-order chi connectivity index (χ1) is 10.9. The van der Waals surface area contributed by atoms with Crippen LogP contribution in [0.2, 0.25) is 0 Å². The molecule has 2 aromatic rings. The molecular weight excluding hydrogens is 290 g/mol. The Morgan fingerprint density at radius 1 is 1.22 bits per heavy atom. The molecule has 0 unspecified atom stereocenters. The van der Waals surface area contributed by atoms with Crippen LogP contribution in [0.4, 0.5) is 0 Å². The summed E-state index contributed by atoms with van der Waals surface area (Å²) in [5.41, 5.74) is 2.73. The first-order valence-electron chi connectivity index (χ1n) is 7.85. The minimum absolute atomic E-state index is 0.0190. The lowest BCUT2D eigenvalue weighted by Gasteiger charge is -2.15. The Labute approximate surface area is 137 Å². The van der Waals surface area contributed by atoms with Crippen LogP contribution >= 0.6 is 0 Å². The van der Waals surface area contributed by atoms with E-state index in [0.717, 1.165) is 18.5 Å². The highest BCUT2D eigenvalue weighted by atomic mass is 16.5. The topological polar surface area (TPSA) is 38.4 Å². The highest BCUT2D eigenvalue weighted by Crippen LogP contribution is 2.14. The lowest BCUT2D eigenvalue weighted by molar-refractivity contribution is -0.597. The maximum absolute atomic E-state index is 13.0. The summed E-state index contributed by atoms with van der Waals surface area (Å²) in [6, 6.07) is 5.93. The van der Waals surface area contributed by atoms with Crippen molar-refractivity contribution in [1.82, 2.24) is 9.47 Å². The summed E-state index contributed by atoms with van der Waals surface area (Å²) in [4.78, 5) is 15.1. The summed E-state index contributed by atoms with van der Waals surface area (Å²) in [6.07, 6.45) is 4.75. The van der Waals surface area contributed by atoms with Gasteiger partial charge in [0.15, 0.2) is 18.3 Å². The van der Waals surface area contributed by atoms with Crippen molar-refractivity contribution in [2.45, 2.75) is 26.8 Å². The van der Waals surface area contributed by atoms with E-state index in [1.807, 2.05) is 63.1 Å². The fourth-order valence-electron chi connectivity index (χ4n) is 2.62. The van der Waals surface area contributed by atoms with Gasteiger partial charge in [-0.05, 0) is 46.5 Å². The van der Waals surface area contributed by atoms with E-state index >= 15 is 0 Å². The van der Waals surface area contributed by atoms with Crippen LogP contribution < -0.4 is 14.9 Å². The van der Waals surface area contributed by atoms with Crippen molar-refractivity contribution in [3.8, 4) is 11.6 Å². The summed E-state index contributed by atoms with van der Waals surface area (Å²) >= 11 is 0. The van der Waals surface area contributed by atoms with Gasteiger partial charge in [-0.1, -0.05) is 0 Å². The van der Waals surface area contributed by atoms with Crippen molar-refractivity contribution in [2.75, 3.05) is 27.7 Å². The quantitative estimate of drug-likeness (QED) is 0.762. The van der Waals surface area contributed by atoms with Gasteiger partial charge in [0, 0.05) is 30.3 Å². The first-order valence-corrected chi connectivity index (χ1v) is 7.85. The minimum atomic E-state index is -0.0190. The van der Waals surface area contributed by atoms with E-state index in [1.54, 1.807) is 11.7 Å². The maximum Gasteiger partial charge on any atom is 0.326 e. The van der Waals surface area contributed by atoms with Crippen LogP contribution in [0.25, 0.3) is 5.69 Å². The van der Waals surface area contributed by atoms with Gasteiger partial charge in [0.05, 0.1) is 7.11 Å². The molecule has 0 fully saturated rings. The number of aromatic nitrogens is 2. The van der Waals surface area contributed by atoms with Gasteiger partial charge >= 0.3 is 5.56 Å². The van der Waals surface area contributed by atoms with Crippen LogP contribution in [0.15, 0.2) is 35.4 Å². The van der Waals surface area contributed by atoms with E-state index in [4.69, 9.17) is 4.74 Å². The van der Waals surface area contributed by atoms with E-state index in [2.05, 4.69) is 4.90 Å². The Hall–Kier alpha value is -2.14. The maximum atomic E-state index is 13.0. The number of pyridine rings is 2. The van der Waals surface area contributed by atoms with Crippen LogP contribution in [0.3, 0.4) is 0 Å². The van der Waals surface area contributed by atoms with Crippen LogP contribution in [0.5, 0.6) is 5.88 Å². The fraction of sp³-hybridized carbons (Fsp3) is 0.444. The smallest absolute Gasteiger partial charge is 0.326 e. The predicted octanol–water partition coefficient (Wildman–Crippen LogP) is 1.70. The standard InChI is InChI=1S/C18H26N3O2/c1-14-7-11-20(12-8-14)17-15(2)13-16(23-5)21(18(17)22)10-6-9-19(3)4/h7-8,11-13H,6,9-10H2,1-5H3/q+1. The number of methoxy groups -OCH3 is 1. The molecule has 0 aliphatic heterocycles. The molecule has 2 aromatic heterocycles. The average Bonchev–Trinajstić information content (AvgIpc) is 2.50. The third kappa shape index (κ3) is 3.99. The molecular formula is C18H26N3O2+. The Morgan fingerprint density at radius 3 is 2.43 bits per heavy atom. The van der Waals surface area contributed by atoms with Gasteiger partial charge in [-0.2, -0.15) is 4.57 Å². The molecule has 0 aliphatic rings. The summed E-state index contributed by atoms with van der Waals surface area (Å²) in [6.45, 7) is 5.54. The van der Waals surface area contributed by atoms with Gasteiger partial charge < -0.3 is 9.64 Å². The highest BCUT2D eigenvalue weighted by Gasteiger charge is 2.20. The summed E-state index contributed by atoms with van der Waals surface area (Å²) in [7, 11) is 5.67. The molecule has 124 valence electrons. The van der Waals surface area contributed by atoms with Crippen LogP contribution in [0, 0.1) is 13.8 Å². The van der Waals surface area contributed by atoms with Crippen molar-refractivity contribution < 1.29 is 9.30 Å². The van der Waals surface area contributed by atoms with Crippen molar-refractivity contribution in [2.24, 2.45) is 0 Å². The molecule has 5 heteroatoms. The van der Waals surface area contributed by atoms with E-state index in [1.165, 1.54) is 5.56 Å². The Kier molecular flexibility index (Phi) is 5.55. The Morgan fingerprint density at radius 2 is 1.87 bits per heavy atom. The molecule has 0 radical (unpaired) electrons.